The van der Waals surface area contributed by atoms with Gasteiger partial charge in [-0.1, -0.05) is 59.6 Å². The van der Waals surface area contributed by atoms with E-state index in [0.717, 1.165) is 5.56 Å². The fraction of sp³-hybridized carbons (Fsp3) is 0.111. The van der Waals surface area contributed by atoms with Crippen LogP contribution in [-0.2, 0) is 9.59 Å². The third kappa shape index (κ3) is 4.18. The van der Waals surface area contributed by atoms with Gasteiger partial charge in [-0.05, 0) is 23.1 Å². The van der Waals surface area contributed by atoms with Gasteiger partial charge in [0.1, 0.15) is 6.54 Å². The van der Waals surface area contributed by atoms with Gasteiger partial charge in [-0.3, -0.25) is 9.59 Å². The zero-order valence-electron chi connectivity index (χ0n) is 13.0. The minimum Gasteiger partial charge on any atom is -0.322 e. The summed E-state index contributed by atoms with van der Waals surface area (Å²) in [7, 11) is 0. The van der Waals surface area contributed by atoms with E-state index in [1.54, 1.807) is 18.2 Å². The molecule has 0 unspecified atom stereocenters. The molecule has 0 spiro atoms. The van der Waals surface area contributed by atoms with E-state index >= 15 is 0 Å². The Morgan fingerprint density at radius 3 is 2.44 bits per heavy atom. The molecule has 7 heteroatoms. The van der Waals surface area contributed by atoms with Gasteiger partial charge in [-0.2, -0.15) is 0 Å². The van der Waals surface area contributed by atoms with Gasteiger partial charge in [0.25, 0.3) is 0 Å². The van der Waals surface area contributed by atoms with Crippen LogP contribution in [0.3, 0.4) is 0 Å². The lowest BCUT2D eigenvalue weighted by molar-refractivity contribution is -0.129. The molecule has 0 aliphatic carbocycles. The van der Waals surface area contributed by atoms with E-state index in [-0.39, 0.29) is 18.4 Å². The summed E-state index contributed by atoms with van der Waals surface area (Å²) in [6, 6.07) is 14.5. The minimum absolute atomic E-state index is 0.109. The second kappa shape index (κ2) is 7.95. The van der Waals surface area contributed by atoms with Crippen molar-refractivity contribution in [2.24, 2.45) is 0 Å². The number of benzene rings is 2. The average Bonchev–Trinajstić information content (AvgIpc) is 2.61. The molecular formula is C18H14Cl2N2O2S. The number of carbonyl (C=O) groups excluding carboxylic acids is 2. The molecule has 1 aliphatic rings. The standard InChI is InChI=1S/C18H14Cl2N2O2S/c19-13-7-4-8-14(20)18(13)21-16(23)9-22-15(10-25-11-17(22)24)12-5-2-1-3-6-12/h1-8,10H,9,11H2,(H,21,23). The molecule has 0 saturated carbocycles. The highest BCUT2D eigenvalue weighted by Crippen LogP contribution is 2.31. The third-order valence-electron chi connectivity index (χ3n) is 3.59. The highest BCUT2D eigenvalue weighted by atomic mass is 35.5. The van der Waals surface area contributed by atoms with Crippen molar-refractivity contribution in [3.63, 3.8) is 0 Å². The fourth-order valence-electron chi connectivity index (χ4n) is 2.41. The zero-order chi connectivity index (χ0) is 17.8. The summed E-state index contributed by atoms with van der Waals surface area (Å²) in [5, 5.41) is 5.28. The van der Waals surface area contributed by atoms with Crippen molar-refractivity contribution in [3.05, 3.63) is 69.5 Å². The van der Waals surface area contributed by atoms with Crippen molar-refractivity contribution in [2.45, 2.75) is 0 Å². The van der Waals surface area contributed by atoms with Crippen molar-refractivity contribution in [1.82, 2.24) is 4.90 Å². The van der Waals surface area contributed by atoms with E-state index in [4.69, 9.17) is 23.2 Å². The Morgan fingerprint density at radius 1 is 1.08 bits per heavy atom. The summed E-state index contributed by atoms with van der Waals surface area (Å²) in [5.41, 5.74) is 1.94. The number of nitrogens with zero attached hydrogens (tertiary/aromatic N) is 1. The molecule has 0 bridgehead atoms. The summed E-state index contributed by atoms with van der Waals surface area (Å²) >= 11 is 13.6. The molecule has 2 amide bonds. The summed E-state index contributed by atoms with van der Waals surface area (Å²) < 4.78 is 0. The lowest BCUT2D eigenvalue weighted by atomic mass is 10.1. The van der Waals surface area contributed by atoms with Crippen molar-refractivity contribution in [3.8, 4) is 0 Å². The molecule has 1 aliphatic heterocycles. The fourth-order valence-corrected chi connectivity index (χ4v) is 3.71. The Kier molecular flexibility index (Phi) is 5.68. The minimum atomic E-state index is -0.364. The molecule has 2 aromatic rings. The number of carbonyl (C=O) groups is 2. The van der Waals surface area contributed by atoms with Gasteiger partial charge in [0.15, 0.2) is 0 Å². The van der Waals surface area contributed by atoms with Crippen LogP contribution < -0.4 is 5.32 Å². The molecule has 0 fully saturated rings. The Hall–Kier alpha value is -1.95. The van der Waals surface area contributed by atoms with E-state index in [9.17, 15) is 9.59 Å². The monoisotopic (exact) mass is 392 g/mol. The lowest BCUT2D eigenvalue weighted by Gasteiger charge is -2.28. The first-order chi connectivity index (χ1) is 12.1. The molecule has 25 heavy (non-hydrogen) atoms. The van der Waals surface area contributed by atoms with Crippen LogP contribution in [0, 0.1) is 0 Å². The van der Waals surface area contributed by atoms with Crippen LogP contribution in [0.25, 0.3) is 5.70 Å². The molecule has 4 nitrogen and oxygen atoms in total. The molecule has 1 heterocycles. The van der Waals surface area contributed by atoms with Crippen LogP contribution in [0.5, 0.6) is 0 Å². The maximum atomic E-state index is 12.5. The van der Waals surface area contributed by atoms with Gasteiger partial charge in [0.2, 0.25) is 11.8 Å². The second-order valence-electron chi connectivity index (χ2n) is 5.30. The summed E-state index contributed by atoms with van der Waals surface area (Å²) in [5.74, 6) is -0.181. The topological polar surface area (TPSA) is 49.4 Å². The van der Waals surface area contributed by atoms with Gasteiger partial charge in [-0.15, -0.1) is 11.8 Å². The van der Waals surface area contributed by atoms with Crippen LogP contribution >= 0.6 is 35.0 Å². The zero-order valence-corrected chi connectivity index (χ0v) is 15.4. The largest absolute Gasteiger partial charge is 0.322 e. The Labute approximate surface area is 159 Å². The number of rotatable bonds is 4. The molecular weight excluding hydrogens is 379 g/mol. The number of hydrogen-bond donors (Lipinski definition) is 1. The highest BCUT2D eigenvalue weighted by molar-refractivity contribution is 8.03. The number of halogens is 2. The molecule has 1 N–H and O–H groups in total. The maximum Gasteiger partial charge on any atom is 0.244 e. The van der Waals surface area contributed by atoms with Crippen LogP contribution in [0.2, 0.25) is 10.0 Å². The predicted molar refractivity (Wildman–Crippen MR) is 104 cm³/mol. The van der Waals surface area contributed by atoms with Crippen LogP contribution in [0.15, 0.2) is 53.9 Å². The number of hydrogen-bond acceptors (Lipinski definition) is 3. The summed E-state index contributed by atoms with van der Waals surface area (Å²) in [6.45, 7) is -0.109. The third-order valence-corrected chi connectivity index (χ3v) is 5.03. The Balaban J connectivity index is 1.80. The Bertz CT molecular complexity index is 820. The van der Waals surface area contributed by atoms with E-state index in [0.29, 0.717) is 27.2 Å². The molecule has 0 saturated heterocycles. The van der Waals surface area contributed by atoms with E-state index < -0.39 is 0 Å². The van der Waals surface area contributed by atoms with Gasteiger partial charge >= 0.3 is 0 Å². The molecule has 3 rings (SSSR count). The first kappa shape index (κ1) is 17.9. The summed E-state index contributed by atoms with van der Waals surface area (Å²) in [4.78, 5) is 26.3. The first-order valence-electron chi connectivity index (χ1n) is 7.47. The van der Waals surface area contributed by atoms with Gasteiger partial charge in [0.05, 0.1) is 27.2 Å². The molecule has 128 valence electrons. The van der Waals surface area contributed by atoms with E-state index in [1.165, 1.54) is 16.7 Å². The number of nitrogens with one attached hydrogen (secondary N) is 1. The quantitative estimate of drug-likeness (QED) is 0.832. The van der Waals surface area contributed by atoms with Gasteiger partial charge in [-0.25, -0.2) is 0 Å². The number of amides is 2. The molecule has 0 atom stereocenters. The number of para-hydroxylation sites is 1. The van der Waals surface area contributed by atoms with Gasteiger partial charge in [0, 0.05) is 0 Å². The number of thioether (sulfide) groups is 1. The SMILES string of the molecule is O=C(CN1C(=O)CSC=C1c1ccccc1)Nc1c(Cl)cccc1Cl. The van der Waals surface area contributed by atoms with E-state index in [1.807, 2.05) is 35.7 Å². The molecule has 2 aromatic carbocycles. The van der Waals surface area contributed by atoms with Gasteiger partial charge < -0.3 is 10.2 Å². The van der Waals surface area contributed by atoms with Crippen LogP contribution in [0.1, 0.15) is 5.56 Å². The molecule has 0 aromatic heterocycles. The highest BCUT2D eigenvalue weighted by Gasteiger charge is 2.25. The van der Waals surface area contributed by atoms with Crippen molar-refractivity contribution in [2.75, 3.05) is 17.6 Å². The van der Waals surface area contributed by atoms with Crippen molar-refractivity contribution in [1.29, 1.82) is 0 Å². The lowest BCUT2D eigenvalue weighted by Crippen LogP contribution is -2.39. The normalized spacial score (nSPS) is 14.2. The summed E-state index contributed by atoms with van der Waals surface area (Å²) in [6.07, 6.45) is 0. The maximum absolute atomic E-state index is 12.5. The van der Waals surface area contributed by atoms with Crippen molar-refractivity contribution >= 4 is 58.2 Å². The second-order valence-corrected chi connectivity index (χ2v) is 6.98. The predicted octanol–water partition coefficient (Wildman–Crippen LogP) is 4.51. The Morgan fingerprint density at radius 2 is 1.76 bits per heavy atom. The van der Waals surface area contributed by atoms with Crippen LogP contribution in [-0.4, -0.2) is 29.0 Å². The van der Waals surface area contributed by atoms with Crippen molar-refractivity contribution < 1.29 is 9.59 Å². The van der Waals surface area contributed by atoms with E-state index in [2.05, 4.69) is 5.32 Å². The smallest absolute Gasteiger partial charge is 0.244 e. The first-order valence-corrected chi connectivity index (χ1v) is 9.28. The number of anilines is 1. The average molecular weight is 393 g/mol. The molecule has 0 radical (unpaired) electrons. The van der Waals surface area contributed by atoms with Crippen LogP contribution in [0.4, 0.5) is 5.69 Å².